The highest BCUT2D eigenvalue weighted by Crippen LogP contribution is 2.32. The van der Waals surface area contributed by atoms with E-state index >= 15 is 0 Å². The Morgan fingerprint density at radius 2 is 2.00 bits per heavy atom. The van der Waals surface area contributed by atoms with Gasteiger partial charge in [-0.15, -0.1) is 0 Å². The highest BCUT2D eigenvalue weighted by molar-refractivity contribution is 5.83. The van der Waals surface area contributed by atoms with Gasteiger partial charge in [0.2, 0.25) is 0 Å². The van der Waals surface area contributed by atoms with Crippen LogP contribution in [-0.4, -0.2) is 63.3 Å². The molecule has 2 aromatic rings. The van der Waals surface area contributed by atoms with Gasteiger partial charge in [-0.05, 0) is 49.5 Å². The number of nitrogen functional groups attached to an aromatic ring is 1. The maximum Gasteiger partial charge on any atom is 0.253 e. The summed E-state index contributed by atoms with van der Waals surface area (Å²) in [5, 5.41) is 22.0. The molecule has 188 valence electrons. The first-order chi connectivity index (χ1) is 17.0. The molecule has 9 nitrogen and oxygen atoms in total. The molecule has 9 heteroatoms. The number of piperidine rings is 1. The number of aliphatic hydroxyl groups is 2. The van der Waals surface area contributed by atoms with Gasteiger partial charge in [0, 0.05) is 26.1 Å². The van der Waals surface area contributed by atoms with Gasteiger partial charge >= 0.3 is 0 Å². The number of hydrogen-bond donors (Lipinski definition) is 4. The normalized spacial score (nSPS) is 15.9. The van der Waals surface area contributed by atoms with E-state index < -0.39 is 18.6 Å². The standard InChI is InChI=1S/C26H35N5O4/c1-3-5-6-20(4-2)35-21-9-7-19(8-10-21)23-24(27)29-17-30-25(23)28-15-18-11-13-31(14-12-18)26(34)22(33)16-32/h3,5-10,17-18,22,32-33H,4,11-16H2,1-2H3,(H3,27,28,29,30)/b5-3-,20-6+. The monoisotopic (exact) mass is 481 g/mol. The van der Waals surface area contributed by atoms with E-state index in [0.29, 0.717) is 37.2 Å². The summed E-state index contributed by atoms with van der Waals surface area (Å²) in [6, 6.07) is 7.68. The first-order valence-corrected chi connectivity index (χ1v) is 12.0. The molecule has 1 aliphatic heterocycles. The number of allylic oxidation sites excluding steroid dienone is 4. The second kappa shape index (κ2) is 12.9. The number of aromatic nitrogens is 2. The minimum absolute atomic E-state index is 0.335. The van der Waals surface area contributed by atoms with E-state index in [0.717, 1.165) is 41.9 Å². The van der Waals surface area contributed by atoms with Crippen LogP contribution in [0.15, 0.2) is 54.6 Å². The zero-order valence-corrected chi connectivity index (χ0v) is 20.4. The highest BCUT2D eigenvalue weighted by Gasteiger charge is 2.27. The lowest BCUT2D eigenvalue weighted by Gasteiger charge is -2.33. The largest absolute Gasteiger partial charge is 0.462 e. The molecule has 1 atom stereocenters. The van der Waals surface area contributed by atoms with E-state index in [4.69, 9.17) is 15.6 Å². The SMILES string of the molecule is C/C=C\C=C(/CC)Oc1ccc(-c2c(N)ncnc2NCC2CCN(C(=O)C(O)CO)CC2)cc1. The average Bonchev–Trinajstić information content (AvgIpc) is 2.89. The molecule has 0 radical (unpaired) electrons. The van der Waals surface area contributed by atoms with Crippen LogP contribution in [-0.2, 0) is 4.79 Å². The van der Waals surface area contributed by atoms with Crippen LogP contribution in [0.4, 0.5) is 11.6 Å². The molecule has 35 heavy (non-hydrogen) atoms. The van der Waals surface area contributed by atoms with E-state index in [1.54, 1.807) is 4.90 Å². The maximum atomic E-state index is 12.1. The van der Waals surface area contributed by atoms with Gasteiger partial charge in [-0.25, -0.2) is 9.97 Å². The van der Waals surface area contributed by atoms with Crippen LogP contribution in [0.25, 0.3) is 11.1 Å². The molecular formula is C26H35N5O4. The Labute approximate surface area is 206 Å². The molecule has 2 heterocycles. The number of nitrogens with zero attached hydrogens (tertiary/aromatic N) is 3. The van der Waals surface area contributed by atoms with Crippen molar-refractivity contribution in [2.24, 2.45) is 5.92 Å². The minimum Gasteiger partial charge on any atom is -0.462 e. The number of anilines is 2. The van der Waals surface area contributed by atoms with Crippen LogP contribution in [0.1, 0.15) is 33.1 Å². The molecular weight excluding hydrogens is 446 g/mol. The van der Waals surface area contributed by atoms with E-state index in [9.17, 15) is 9.90 Å². The second-order valence-electron chi connectivity index (χ2n) is 8.47. The molecule has 1 unspecified atom stereocenters. The van der Waals surface area contributed by atoms with E-state index in [1.165, 1.54) is 6.33 Å². The Hall–Kier alpha value is -3.43. The predicted molar refractivity (Wildman–Crippen MR) is 137 cm³/mol. The number of benzene rings is 1. The van der Waals surface area contributed by atoms with Crippen molar-refractivity contribution < 1.29 is 19.7 Å². The Morgan fingerprint density at radius 3 is 2.63 bits per heavy atom. The summed E-state index contributed by atoms with van der Waals surface area (Å²) >= 11 is 0. The molecule has 0 saturated carbocycles. The van der Waals surface area contributed by atoms with Gasteiger partial charge in [0.1, 0.15) is 29.5 Å². The zero-order chi connectivity index (χ0) is 25.2. The van der Waals surface area contributed by atoms with Crippen molar-refractivity contribution in [2.45, 2.75) is 39.2 Å². The molecule has 3 rings (SSSR count). The van der Waals surface area contributed by atoms with Crippen molar-refractivity contribution in [3.8, 4) is 16.9 Å². The summed E-state index contributed by atoms with van der Waals surface area (Å²) in [7, 11) is 0. The fourth-order valence-electron chi connectivity index (χ4n) is 3.97. The van der Waals surface area contributed by atoms with Gasteiger partial charge in [-0.1, -0.05) is 31.2 Å². The third-order valence-electron chi connectivity index (χ3n) is 6.03. The quantitative estimate of drug-likeness (QED) is 0.301. The topological polar surface area (TPSA) is 134 Å². The van der Waals surface area contributed by atoms with Gasteiger partial charge < -0.3 is 30.9 Å². The molecule has 0 aliphatic carbocycles. The molecule has 1 aliphatic rings. The van der Waals surface area contributed by atoms with E-state index in [1.807, 2.05) is 56.3 Å². The van der Waals surface area contributed by atoms with E-state index in [2.05, 4.69) is 15.3 Å². The number of nitrogens with one attached hydrogen (secondary N) is 1. The fourth-order valence-corrected chi connectivity index (χ4v) is 3.97. The van der Waals surface area contributed by atoms with Gasteiger partial charge in [0.05, 0.1) is 12.2 Å². The summed E-state index contributed by atoms with van der Waals surface area (Å²) in [4.78, 5) is 22.3. The highest BCUT2D eigenvalue weighted by atomic mass is 16.5. The minimum atomic E-state index is -1.34. The summed E-state index contributed by atoms with van der Waals surface area (Å²) < 4.78 is 5.97. The van der Waals surface area contributed by atoms with Crippen LogP contribution in [0.5, 0.6) is 5.75 Å². The van der Waals surface area contributed by atoms with Crippen LogP contribution in [0.2, 0.25) is 0 Å². The molecule has 1 amide bonds. The summed E-state index contributed by atoms with van der Waals surface area (Å²) in [6.07, 6.45) is 8.33. The molecule has 1 saturated heterocycles. The summed E-state index contributed by atoms with van der Waals surface area (Å²) in [6.45, 7) is 5.22. The Kier molecular flexibility index (Phi) is 9.63. The lowest BCUT2D eigenvalue weighted by atomic mass is 9.96. The number of carbonyl (C=O) groups is 1. The van der Waals surface area contributed by atoms with E-state index in [-0.39, 0.29) is 0 Å². The third-order valence-corrected chi connectivity index (χ3v) is 6.03. The zero-order valence-electron chi connectivity index (χ0n) is 20.4. The molecule has 0 bridgehead atoms. The van der Waals surface area contributed by atoms with Crippen LogP contribution in [0.3, 0.4) is 0 Å². The van der Waals surface area contributed by atoms with Crippen LogP contribution >= 0.6 is 0 Å². The molecule has 1 fully saturated rings. The number of ether oxygens (including phenoxy) is 1. The lowest BCUT2D eigenvalue weighted by molar-refractivity contribution is -0.143. The Morgan fingerprint density at radius 1 is 1.29 bits per heavy atom. The first kappa shape index (κ1) is 26.2. The number of rotatable bonds is 10. The number of likely N-dealkylation sites (tertiary alicyclic amines) is 1. The Bertz CT molecular complexity index is 1030. The van der Waals surface area contributed by atoms with Crippen molar-refractivity contribution in [3.63, 3.8) is 0 Å². The summed E-state index contributed by atoms with van der Waals surface area (Å²) in [5.74, 6) is 2.57. The average molecular weight is 482 g/mol. The fraction of sp³-hybridized carbons (Fsp3) is 0.423. The molecule has 1 aromatic carbocycles. The third kappa shape index (κ3) is 7.03. The number of aliphatic hydroxyl groups excluding tert-OH is 2. The smallest absolute Gasteiger partial charge is 0.253 e. The van der Waals surface area contributed by atoms with Gasteiger partial charge in [-0.2, -0.15) is 0 Å². The van der Waals surface area contributed by atoms with Crippen molar-refractivity contribution in [3.05, 3.63) is 54.6 Å². The first-order valence-electron chi connectivity index (χ1n) is 12.0. The molecule has 1 aromatic heterocycles. The van der Waals surface area contributed by atoms with Crippen LogP contribution < -0.4 is 15.8 Å². The number of hydrogen-bond acceptors (Lipinski definition) is 8. The van der Waals surface area contributed by atoms with Crippen LogP contribution in [0, 0.1) is 5.92 Å². The molecule has 0 spiro atoms. The van der Waals surface area contributed by atoms with Crippen molar-refractivity contribution in [1.29, 1.82) is 0 Å². The van der Waals surface area contributed by atoms with Gasteiger partial charge in [0.25, 0.3) is 5.91 Å². The van der Waals surface area contributed by atoms with Crippen molar-refractivity contribution in [1.82, 2.24) is 14.9 Å². The second-order valence-corrected chi connectivity index (χ2v) is 8.47. The number of carbonyl (C=O) groups excluding carboxylic acids is 1. The Balaban J connectivity index is 1.65. The maximum absolute atomic E-state index is 12.1. The van der Waals surface area contributed by atoms with Crippen molar-refractivity contribution in [2.75, 3.05) is 37.3 Å². The molecule has 5 N–H and O–H groups in total. The van der Waals surface area contributed by atoms with Crippen molar-refractivity contribution >= 4 is 17.5 Å². The number of nitrogens with two attached hydrogens (primary N) is 1. The van der Waals surface area contributed by atoms with Gasteiger partial charge in [-0.3, -0.25) is 4.79 Å². The number of amides is 1. The summed E-state index contributed by atoms with van der Waals surface area (Å²) in [5.41, 5.74) is 7.84. The van der Waals surface area contributed by atoms with Gasteiger partial charge in [0.15, 0.2) is 6.10 Å². The lowest BCUT2D eigenvalue weighted by Crippen LogP contribution is -2.45. The predicted octanol–water partition coefficient (Wildman–Crippen LogP) is 2.98.